The van der Waals surface area contributed by atoms with E-state index >= 15 is 0 Å². The van der Waals surface area contributed by atoms with Gasteiger partial charge in [0, 0.05) is 19.0 Å². The fourth-order valence-corrected chi connectivity index (χ4v) is 2.52. The maximum Gasteiger partial charge on any atom is 0.326 e. The molecule has 1 saturated heterocycles. The SMILES string of the molecule is CSCCC(C)NC(=O)N1C[C@@H](O)C[C@H]1C(=O)O. The van der Waals surface area contributed by atoms with Crippen molar-refractivity contribution < 1.29 is 19.8 Å². The summed E-state index contributed by atoms with van der Waals surface area (Å²) in [4.78, 5) is 24.1. The summed E-state index contributed by atoms with van der Waals surface area (Å²) in [5.41, 5.74) is 0. The Morgan fingerprint density at radius 3 is 2.78 bits per heavy atom. The fourth-order valence-electron chi connectivity index (χ4n) is 1.93. The van der Waals surface area contributed by atoms with Gasteiger partial charge >= 0.3 is 12.0 Å². The molecule has 0 spiro atoms. The van der Waals surface area contributed by atoms with E-state index < -0.39 is 24.1 Å². The third-order valence-electron chi connectivity index (χ3n) is 2.95. The summed E-state index contributed by atoms with van der Waals surface area (Å²) in [7, 11) is 0. The van der Waals surface area contributed by atoms with Crippen molar-refractivity contribution in [3.8, 4) is 0 Å². The number of urea groups is 1. The largest absolute Gasteiger partial charge is 0.480 e. The Kier molecular flexibility index (Phi) is 5.74. The van der Waals surface area contributed by atoms with E-state index in [1.807, 2.05) is 13.2 Å². The number of aliphatic carboxylic acids is 1. The van der Waals surface area contributed by atoms with Gasteiger partial charge in [0.05, 0.1) is 6.10 Å². The number of aliphatic hydroxyl groups excluding tert-OH is 1. The number of thioether (sulfide) groups is 1. The monoisotopic (exact) mass is 276 g/mol. The van der Waals surface area contributed by atoms with Crippen molar-refractivity contribution in [2.75, 3.05) is 18.6 Å². The number of likely N-dealkylation sites (tertiary alicyclic amines) is 1. The maximum absolute atomic E-state index is 11.9. The first-order valence-corrected chi connectivity index (χ1v) is 7.32. The molecule has 1 aliphatic heterocycles. The zero-order valence-corrected chi connectivity index (χ0v) is 11.4. The minimum Gasteiger partial charge on any atom is -0.480 e. The molecule has 3 atom stereocenters. The van der Waals surface area contributed by atoms with Crippen molar-refractivity contribution in [1.82, 2.24) is 10.2 Å². The summed E-state index contributed by atoms with van der Waals surface area (Å²) < 4.78 is 0. The van der Waals surface area contributed by atoms with Gasteiger partial charge in [0.15, 0.2) is 0 Å². The number of carboxylic acid groups (broad SMARTS) is 1. The minimum absolute atomic E-state index is 0.00265. The van der Waals surface area contributed by atoms with Gasteiger partial charge in [-0.15, -0.1) is 0 Å². The van der Waals surface area contributed by atoms with Crippen LogP contribution in [0.25, 0.3) is 0 Å². The van der Waals surface area contributed by atoms with E-state index in [0.717, 1.165) is 12.2 Å². The van der Waals surface area contributed by atoms with Gasteiger partial charge in [-0.3, -0.25) is 0 Å². The van der Waals surface area contributed by atoms with Crippen molar-refractivity contribution in [2.45, 2.75) is 38.0 Å². The number of hydrogen-bond donors (Lipinski definition) is 3. The first-order chi connectivity index (χ1) is 8.45. The molecule has 0 aromatic carbocycles. The Balaban J connectivity index is 2.52. The molecule has 0 aromatic rings. The van der Waals surface area contributed by atoms with Crippen LogP contribution in [0.5, 0.6) is 0 Å². The van der Waals surface area contributed by atoms with Gasteiger partial charge in [-0.1, -0.05) is 0 Å². The highest BCUT2D eigenvalue weighted by molar-refractivity contribution is 7.98. The molecule has 3 N–H and O–H groups in total. The fraction of sp³-hybridized carbons (Fsp3) is 0.818. The molecule has 1 unspecified atom stereocenters. The lowest BCUT2D eigenvalue weighted by atomic mass is 10.2. The molecule has 1 aliphatic rings. The van der Waals surface area contributed by atoms with Gasteiger partial charge in [-0.25, -0.2) is 9.59 Å². The Hall–Kier alpha value is -0.950. The number of carbonyl (C=O) groups is 2. The standard InChI is InChI=1S/C11H20N2O4S/c1-7(3-4-18-2)12-11(17)13-6-8(14)5-9(13)10(15)16/h7-9,14H,3-6H2,1-2H3,(H,12,17)(H,15,16)/t7?,8-,9-/m0/s1. The van der Waals surface area contributed by atoms with Crippen molar-refractivity contribution in [3.05, 3.63) is 0 Å². The van der Waals surface area contributed by atoms with Gasteiger partial charge in [-0.2, -0.15) is 11.8 Å². The lowest BCUT2D eigenvalue weighted by molar-refractivity contribution is -0.141. The molecule has 6 nitrogen and oxygen atoms in total. The van der Waals surface area contributed by atoms with Crippen LogP contribution in [0.4, 0.5) is 4.79 Å². The number of amides is 2. The van der Waals surface area contributed by atoms with Crippen LogP contribution in [0.15, 0.2) is 0 Å². The Morgan fingerprint density at radius 1 is 1.56 bits per heavy atom. The van der Waals surface area contributed by atoms with Gasteiger partial charge in [0.1, 0.15) is 6.04 Å². The normalized spacial score (nSPS) is 24.9. The molecule has 104 valence electrons. The third-order valence-corrected chi connectivity index (χ3v) is 3.59. The predicted molar refractivity (Wildman–Crippen MR) is 69.7 cm³/mol. The lowest BCUT2D eigenvalue weighted by Gasteiger charge is -2.24. The molecular weight excluding hydrogens is 256 g/mol. The number of hydrogen-bond acceptors (Lipinski definition) is 4. The van der Waals surface area contributed by atoms with Gasteiger partial charge in [-0.05, 0) is 25.4 Å². The predicted octanol–water partition coefficient (Wildman–Crippen LogP) is 0.357. The molecule has 1 fully saturated rings. The van der Waals surface area contributed by atoms with Crippen molar-refractivity contribution in [2.24, 2.45) is 0 Å². The first kappa shape index (κ1) is 15.1. The van der Waals surface area contributed by atoms with Crippen LogP contribution in [-0.4, -0.2) is 63.9 Å². The van der Waals surface area contributed by atoms with E-state index in [0.29, 0.717) is 0 Å². The highest BCUT2D eigenvalue weighted by Crippen LogP contribution is 2.18. The second-order valence-electron chi connectivity index (χ2n) is 4.53. The van der Waals surface area contributed by atoms with Crippen molar-refractivity contribution in [3.63, 3.8) is 0 Å². The van der Waals surface area contributed by atoms with Crippen LogP contribution in [0.3, 0.4) is 0 Å². The van der Waals surface area contributed by atoms with Crippen molar-refractivity contribution in [1.29, 1.82) is 0 Å². The molecule has 7 heteroatoms. The Bertz CT molecular complexity index is 313. The zero-order chi connectivity index (χ0) is 13.7. The second-order valence-corrected chi connectivity index (χ2v) is 5.51. The lowest BCUT2D eigenvalue weighted by Crippen LogP contribution is -2.48. The number of nitrogens with one attached hydrogen (secondary N) is 1. The van der Waals surface area contributed by atoms with Gasteiger partial charge < -0.3 is 20.4 Å². The van der Waals surface area contributed by atoms with Crippen LogP contribution in [0, 0.1) is 0 Å². The molecule has 0 saturated carbocycles. The molecule has 0 bridgehead atoms. The third kappa shape index (κ3) is 4.06. The van der Waals surface area contributed by atoms with E-state index in [9.17, 15) is 14.7 Å². The Labute approximate surface area is 111 Å². The average molecular weight is 276 g/mol. The quantitative estimate of drug-likeness (QED) is 0.674. The van der Waals surface area contributed by atoms with Gasteiger partial charge in [0.2, 0.25) is 0 Å². The summed E-state index contributed by atoms with van der Waals surface area (Å²) in [6, 6.07) is -1.34. The number of carboxylic acids is 1. The molecule has 2 amide bonds. The van der Waals surface area contributed by atoms with Crippen LogP contribution >= 0.6 is 11.8 Å². The average Bonchev–Trinajstić information content (AvgIpc) is 2.69. The van der Waals surface area contributed by atoms with Crippen LogP contribution in [0.2, 0.25) is 0 Å². The smallest absolute Gasteiger partial charge is 0.326 e. The highest BCUT2D eigenvalue weighted by Gasteiger charge is 2.39. The topological polar surface area (TPSA) is 89.9 Å². The number of carbonyl (C=O) groups excluding carboxylic acids is 1. The Morgan fingerprint density at radius 2 is 2.22 bits per heavy atom. The molecule has 1 rings (SSSR count). The molecular formula is C11H20N2O4S. The van der Waals surface area contributed by atoms with Crippen LogP contribution in [-0.2, 0) is 4.79 Å². The van der Waals surface area contributed by atoms with Crippen LogP contribution in [0.1, 0.15) is 19.8 Å². The van der Waals surface area contributed by atoms with Crippen LogP contribution < -0.4 is 5.32 Å². The molecule has 18 heavy (non-hydrogen) atoms. The maximum atomic E-state index is 11.9. The van der Waals surface area contributed by atoms with Gasteiger partial charge in [0.25, 0.3) is 0 Å². The van der Waals surface area contributed by atoms with E-state index in [1.165, 1.54) is 4.90 Å². The summed E-state index contributed by atoms with van der Waals surface area (Å²) in [5, 5.41) is 21.2. The van der Waals surface area contributed by atoms with E-state index in [4.69, 9.17) is 5.11 Å². The molecule has 0 aromatic heterocycles. The summed E-state index contributed by atoms with van der Waals surface area (Å²) in [6.45, 7) is 1.97. The summed E-state index contributed by atoms with van der Waals surface area (Å²) in [6.07, 6.45) is 2.17. The summed E-state index contributed by atoms with van der Waals surface area (Å²) >= 11 is 1.70. The highest BCUT2D eigenvalue weighted by atomic mass is 32.2. The number of aliphatic hydroxyl groups is 1. The summed E-state index contributed by atoms with van der Waals surface area (Å²) in [5.74, 6) is -0.134. The molecule has 0 radical (unpaired) electrons. The molecule has 1 heterocycles. The minimum atomic E-state index is -1.07. The number of β-amino-alcohol motifs (C(OH)–C–C–N with tert-alkyl or cyclic N) is 1. The zero-order valence-electron chi connectivity index (χ0n) is 10.6. The first-order valence-electron chi connectivity index (χ1n) is 5.92. The number of nitrogens with zero attached hydrogens (tertiary/aromatic N) is 1. The van der Waals surface area contributed by atoms with E-state index in [2.05, 4.69) is 5.32 Å². The number of rotatable bonds is 5. The van der Waals surface area contributed by atoms with Crippen molar-refractivity contribution >= 4 is 23.8 Å². The van der Waals surface area contributed by atoms with E-state index in [-0.39, 0.29) is 19.0 Å². The molecule has 0 aliphatic carbocycles. The second kappa shape index (κ2) is 6.84. The van der Waals surface area contributed by atoms with E-state index in [1.54, 1.807) is 11.8 Å².